The molecule has 0 aliphatic carbocycles. The van der Waals surface area contributed by atoms with Gasteiger partial charge in [0.2, 0.25) is 0 Å². The Morgan fingerprint density at radius 2 is 2.12 bits per heavy atom. The van der Waals surface area contributed by atoms with Crippen molar-refractivity contribution in [3.05, 3.63) is 41.4 Å². The lowest BCUT2D eigenvalue weighted by Crippen LogP contribution is -2.31. The van der Waals surface area contributed by atoms with Gasteiger partial charge in [-0.05, 0) is 23.8 Å². The number of benzene rings is 1. The molecule has 9 heteroatoms. The van der Waals surface area contributed by atoms with Gasteiger partial charge in [0.1, 0.15) is 6.10 Å². The molecular weight excluding hydrogens is 336 g/mol. The van der Waals surface area contributed by atoms with Crippen molar-refractivity contribution in [2.45, 2.75) is 12.2 Å². The van der Waals surface area contributed by atoms with Crippen LogP contribution in [0.2, 0.25) is 0 Å². The van der Waals surface area contributed by atoms with Gasteiger partial charge in [-0.2, -0.15) is 0 Å². The van der Waals surface area contributed by atoms with E-state index >= 15 is 0 Å². The average molecular weight is 352 g/mol. The summed E-state index contributed by atoms with van der Waals surface area (Å²) >= 11 is 0. The summed E-state index contributed by atoms with van der Waals surface area (Å²) in [6, 6.07) is 4.34. The highest BCUT2D eigenvalue weighted by Gasteiger charge is 2.41. The SMILES string of the molecule is COc1cc(C=CC(=O)OC2=C(O)C(C(O)CO)OC2=O)ccc1O. The lowest BCUT2D eigenvalue weighted by molar-refractivity contribution is -0.151. The standard InChI is InChI=1S/C16H16O9/c1-23-11-6-8(2-4-9(11)18)3-5-12(20)24-15-13(21)14(10(19)7-17)25-16(15)22/h2-6,10,14,17-19,21H,7H2,1H3. The highest BCUT2D eigenvalue weighted by molar-refractivity contribution is 5.96. The molecular formula is C16H16O9. The number of aliphatic hydroxyl groups is 3. The fourth-order valence-corrected chi connectivity index (χ4v) is 2.01. The number of hydrogen-bond donors (Lipinski definition) is 4. The number of rotatable bonds is 6. The number of phenols is 1. The number of carbonyl (C=O) groups is 2. The number of cyclic esters (lactones) is 1. The van der Waals surface area contributed by atoms with Crippen molar-refractivity contribution in [3.63, 3.8) is 0 Å². The number of methoxy groups -OCH3 is 1. The van der Waals surface area contributed by atoms with E-state index in [-0.39, 0.29) is 11.5 Å². The molecule has 1 aliphatic rings. The molecule has 1 heterocycles. The molecule has 0 amide bonds. The van der Waals surface area contributed by atoms with E-state index in [0.717, 1.165) is 6.08 Å². The van der Waals surface area contributed by atoms with Crippen LogP contribution < -0.4 is 4.74 Å². The van der Waals surface area contributed by atoms with Crippen molar-refractivity contribution < 1.29 is 44.2 Å². The molecule has 2 atom stereocenters. The minimum atomic E-state index is -1.54. The summed E-state index contributed by atoms with van der Waals surface area (Å²) in [5.74, 6) is -3.52. The van der Waals surface area contributed by atoms with Crippen LogP contribution in [0.1, 0.15) is 5.56 Å². The minimum absolute atomic E-state index is 0.0699. The van der Waals surface area contributed by atoms with Crippen LogP contribution in [0.3, 0.4) is 0 Å². The van der Waals surface area contributed by atoms with Crippen LogP contribution in [0.15, 0.2) is 35.8 Å². The smallest absolute Gasteiger partial charge is 0.378 e. The first kappa shape index (κ1) is 18.3. The summed E-state index contributed by atoms with van der Waals surface area (Å²) in [4.78, 5) is 23.3. The highest BCUT2D eigenvalue weighted by Crippen LogP contribution is 2.27. The summed E-state index contributed by atoms with van der Waals surface area (Å²) in [6.45, 7) is -0.758. The molecule has 0 saturated carbocycles. The highest BCUT2D eigenvalue weighted by atomic mass is 16.6. The second-order valence-electron chi connectivity index (χ2n) is 4.98. The second kappa shape index (κ2) is 7.69. The van der Waals surface area contributed by atoms with Gasteiger partial charge in [0.25, 0.3) is 5.76 Å². The van der Waals surface area contributed by atoms with E-state index in [2.05, 4.69) is 4.74 Å². The maximum atomic E-state index is 11.8. The zero-order valence-electron chi connectivity index (χ0n) is 13.1. The van der Waals surface area contributed by atoms with Gasteiger partial charge in [0.05, 0.1) is 13.7 Å². The van der Waals surface area contributed by atoms with Gasteiger partial charge in [-0.3, -0.25) is 0 Å². The predicted octanol–water partition coefficient (Wildman–Crippen LogP) is 0.00540. The molecule has 1 aliphatic heterocycles. The molecule has 0 fully saturated rings. The maximum absolute atomic E-state index is 11.8. The number of aliphatic hydroxyl groups excluding tert-OH is 3. The first-order chi connectivity index (χ1) is 11.9. The summed E-state index contributed by atoms with van der Waals surface area (Å²) in [5.41, 5.74) is 0.507. The van der Waals surface area contributed by atoms with Crippen molar-refractivity contribution in [3.8, 4) is 11.5 Å². The molecule has 134 valence electrons. The molecule has 4 N–H and O–H groups in total. The van der Waals surface area contributed by atoms with Gasteiger partial charge in [-0.1, -0.05) is 6.07 Å². The first-order valence-electron chi connectivity index (χ1n) is 7.07. The Bertz CT molecular complexity index is 735. The van der Waals surface area contributed by atoms with Gasteiger partial charge in [0, 0.05) is 6.08 Å². The number of hydrogen-bond acceptors (Lipinski definition) is 9. The quantitative estimate of drug-likeness (QED) is 0.411. The lowest BCUT2D eigenvalue weighted by Gasteiger charge is -2.13. The van der Waals surface area contributed by atoms with E-state index in [9.17, 15) is 24.9 Å². The van der Waals surface area contributed by atoms with Crippen molar-refractivity contribution in [1.29, 1.82) is 0 Å². The summed E-state index contributed by atoms with van der Waals surface area (Å²) in [6.07, 6.45) is -0.719. The Morgan fingerprint density at radius 3 is 2.76 bits per heavy atom. The second-order valence-corrected chi connectivity index (χ2v) is 4.98. The molecule has 0 radical (unpaired) electrons. The van der Waals surface area contributed by atoms with Crippen LogP contribution in [-0.4, -0.2) is 58.3 Å². The summed E-state index contributed by atoms with van der Waals surface area (Å²) < 4.78 is 14.3. The Labute approximate surface area is 142 Å². The Hall–Kier alpha value is -3.04. The predicted molar refractivity (Wildman–Crippen MR) is 82.4 cm³/mol. The fraction of sp³-hybridized carbons (Fsp3) is 0.250. The van der Waals surface area contributed by atoms with Crippen molar-refractivity contribution >= 4 is 18.0 Å². The maximum Gasteiger partial charge on any atom is 0.378 e. The van der Waals surface area contributed by atoms with E-state index in [1.807, 2.05) is 0 Å². The third kappa shape index (κ3) is 4.08. The monoisotopic (exact) mass is 352 g/mol. The molecule has 0 bridgehead atoms. The van der Waals surface area contributed by atoms with Crippen LogP contribution in [0.25, 0.3) is 6.08 Å². The van der Waals surface area contributed by atoms with E-state index in [1.165, 1.54) is 31.4 Å². The van der Waals surface area contributed by atoms with Crippen LogP contribution in [0, 0.1) is 0 Å². The van der Waals surface area contributed by atoms with Crippen LogP contribution in [-0.2, 0) is 19.1 Å². The molecule has 1 aromatic rings. The first-order valence-corrected chi connectivity index (χ1v) is 7.07. The van der Waals surface area contributed by atoms with Gasteiger partial charge < -0.3 is 34.6 Å². The Balaban J connectivity index is 2.09. The van der Waals surface area contributed by atoms with Crippen molar-refractivity contribution in [1.82, 2.24) is 0 Å². The van der Waals surface area contributed by atoms with E-state index < -0.39 is 42.3 Å². The zero-order chi connectivity index (χ0) is 18.6. The van der Waals surface area contributed by atoms with Crippen LogP contribution in [0.4, 0.5) is 0 Å². The van der Waals surface area contributed by atoms with Crippen LogP contribution >= 0.6 is 0 Å². The Morgan fingerprint density at radius 1 is 1.40 bits per heavy atom. The lowest BCUT2D eigenvalue weighted by atomic mass is 10.2. The van der Waals surface area contributed by atoms with E-state index in [1.54, 1.807) is 0 Å². The van der Waals surface area contributed by atoms with Crippen molar-refractivity contribution in [2.24, 2.45) is 0 Å². The topological polar surface area (TPSA) is 143 Å². The fourth-order valence-electron chi connectivity index (χ4n) is 2.01. The molecule has 25 heavy (non-hydrogen) atoms. The minimum Gasteiger partial charge on any atom is -0.505 e. The average Bonchev–Trinajstić information content (AvgIpc) is 2.88. The van der Waals surface area contributed by atoms with Crippen molar-refractivity contribution in [2.75, 3.05) is 13.7 Å². The van der Waals surface area contributed by atoms with Crippen LogP contribution in [0.5, 0.6) is 11.5 Å². The molecule has 2 unspecified atom stereocenters. The third-order valence-electron chi connectivity index (χ3n) is 3.28. The number of phenolic OH excluding ortho intramolecular Hbond substituents is 1. The molecule has 1 aromatic carbocycles. The number of aromatic hydroxyl groups is 1. The Kier molecular flexibility index (Phi) is 5.63. The van der Waals surface area contributed by atoms with Gasteiger partial charge in [-0.15, -0.1) is 0 Å². The third-order valence-corrected chi connectivity index (χ3v) is 3.28. The van der Waals surface area contributed by atoms with Gasteiger partial charge in [-0.25, -0.2) is 9.59 Å². The zero-order valence-corrected chi connectivity index (χ0v) is 13.1. The van der Waals surface area contributed by atoms with E-state index in [0.29, 0.717) is 5.56 Å². The van der Waals surface area contributed by atoms with Gasteiger partial charge in [0.15, 0.2) is 23.4 Å². The molecule has 2 rings (SSSR count). The largest absolute Gasteiger partial charge is 0.505 e. The summed E-state index contributed by atoms with van der Waals surface area (Å²) in [5, 5.41) is 37.5. The molecule has 0 spiro atoms. The van der Waals surface area contributed by atoms with E-state index in [4.69, 9.17) is 14.6 Å². The molecule has 0 saturated heterocycles. The normalized spacial score (nSPS) is 18.4. The number of carbonyl (C=O) groups excluding carboxylic acids is 2. The van der Waals surface area contributed by atoms with Gasteiger partial charge >= 0.3 is 11.9 Å². The molecule has 0 aromatic heterocycles. The number of ether oxygens (including phenoxy) is 3. The molecule has 9 nitrogen and oxygen atoms in total. The summed E-state index contributed by atoms with van der Waals surface area (Å²) in [7, 11) is 1.37. The number of esters is 2.